The van der Waals surface area contributed by atoms with Gasteiger partial charge in [-0.05, 0) is 36.8 Å². The number of thiocarbonyl (C=S) groups is 1. The number of anilines is 1. The Balaban J connectivity index is 1.51. The van der Waals surface area contributed by atoms with E-state index >= 15 is 0 Å². The van der Waals surface area contributed by atoms with Crippen molar-refractivity contribution in [3.8, 4) is 0 Å². The maximum atomic E-state index is 12.5. The Morgan fingerprint density at radius 2 is 2.11 bits per heavy atom. The number of nitrogens with one attached hydrogen (secondary N) is 1. The van der Waals surface area contributed by atoms with Gasteiger partial charge in [0.05, 0.1) is 21.2 Å². The van der Waals surface area contributed by atoms with Crippen molar-refractivity contribution in [3.63, 3.8) is 0 Å². The summed E-state index contributed by atoms with van der Waals surface area (Å²) in [6.07, 6.45) is 3.93. The normalized spacial score (nSPS) is 15.6. The highest BCUT2D eigenvalue weighted by Crippen LogP contribution is 2.32. The summed E-state index contributed by atoms with van der Waals surface area (Å²) in [6, 6.07) is 8.39. The number of halogens is 2. The first kappa shape index (κ1) is 19.9. The van der Waals surface area contributed by atoms with Crippen LogP contribution in [0.15, 0.2) is 45.9 Å². The van der Waals surface area contributed by atoms with Gasteiger partial charge < -0.3 is 9.73 Å². The third-order valence-corrected chi connectivity index (χ3v) is 5.80. The van der Waals surface area contributed by atoms with Crippen molar-refractivity contribution < 1.29 is 14.0 Å². The molecule has 2 amide bonds. The Labute approximate surface area is 175 Å². The molecule has 1 aromatic heterocycles. The SMILES string of the molecule is O=C(CCCN1C(=O)/C(=C/c2ccco2)SC1=S)Nc1ccc(Cl)c(Cl)c1. The predicted molar refractivity (Wildman–Crippen MR) is 113 cm³/mol. The molecule has 1 aromatic carbocycles. The molecular weight excluding hydrogens is 427 g/mol. The molecule has 27 heavy (non-hydrogen) atoms. The first-order chi connectivity index (χ1) is 12.9. The van der Waals surface area contributed by atoms with Crippen LogP contribution in [0.4, 0.5) is 5.69 Å². The van der Waals surface area contributed by atoms with Crippen LogP contribution in [0, 0.1) is 0 Å². The number of carbonyl (C=O) groups is 2. The van der Waals surface area contributed by atoms with Crippen LogP contribution in [0.2, 0.25) is 10.0 Å². The number of furan rings is 1. The standard InChI is InChI=1S/C18H14Cl2N2O3S2/c19-13-6-5-11(9-14(13)20)21-16(23)4-1-7-22-17(24)15(27-18(22)26)10-12-3-2-8-25-12/h2-3,5-6,8-10H,1,4,7H2,(H,21,23)/b15-10-. The van der Waals surface area contributed by atoms with Crippen molar-refractivity contribution in [2.75, 3.05) is 11.9 Å². The molecule has 1 saturated heterocycles. The van der Waals surface area contributed by atoms with Gasteiger partial charge in [0.25, 0.3) is 5.91 Å². The van der Waals surface area contributed by atoms with Crippen molar-refractivity contribution in [1.82, 2.24) is 4.90 Å². The lowest BCUT2D eigenvalue weighted by Gasteiger charge is -2.14. The highest BCUT2D eigenvalue weighted by atomic mass is 35.5. The summed E-state index contributed by atoms with van der Waals surface area (Å²) >= 11 is 18.3. The zero-order chi connectivity index (χ0) is 19.4. The highest BCUT2D eigenvalue weighted by molar-refractivity contribution is 8.26. The van der Waals surface area contributed by atoms with E-state index in [2.05, 4.69) is 5.32 Å². The minimum absolute atomic E-state index is 0.175. The second-order valence-corrected chi connectivity index (χ2v) is 8.12. The molecular formula is C18H14Cl2N2O3S2. The molecule has 0 atom stereocenters. The number of hydrogen-bond donors (Lipinski definition) is 1. The van der Waals surface area contributed by atoms with Gasteiger partial charge in [-0.2, -0.15) is 0 Å². The van der Waals surface area contributed by atoms with E-state index in [0.29, 0.717) is 43.7 Å². The van der Waals surface area contributed by atoms with Gasteiger partial charge in [0.1, 0.15) is 10.1 Å². The minimum Gasteiger partial charge on any atom is -0.465 e. The summed E-state index contributed by atoms with van der Waals surface area (Å²) < 4.78 is 5.70. The fraction of sp³-hybridized carbons (Fsp3) is 0.167. The van der Waals surface area contributed by atoms with Crippen LogP contribution >= 0.6 is 47.2 Å². The molecule has 1 N–H and O–H groups in total. The molecule has 1 fully saturated rings. The molecule has 5 nitrogen and oxygen atoms in total. The minimum atomic E-state index is -0.176. The Morgan fingerprint density at radius 3 is 2.81 bits per heavy atom. The van der Waals surface area contributed by atoms with Gasteiger partial charge in [0.15, 0.2) is 0 Å². The molecule has 140 valence electrons. The van der Waals surface area contributed by atoms with Gasteiger partial charge in [0.2, 0.25) is 5.91 Å². The zero-order valence-corrected chi connectivity index (χ0v) is 17.1. The second-order valence-electron chi connectivity index (χ2n) is 5.63. The molecule has 2 heterocycles. The van der Waals surface area contributed by atoms with Crippen LogP contribution in [-0.2, 0) is 9.59 Å². The second kappa shape index (κ2) is 8.93. The third-order valence-electron chi connectivity index (χ3n) is 3.68. The summed E-state index contributed by atoms with van der Waals surface area (Å²) in [5, 5.41) is 3.54. The van der Waals surface area contributed by atoms with Crippen LogP contribution in [0.3, 0.4) is 0 Å². The Morgan fingerprint density at radius 1 is 1.30 bits per heavy atom. The molecule has 0 bridgehead atoms. The largest absolute Gasteiger partial charge is 0.465 e. The van der Waals surface area contributed by atoms with Gasteiger partial charge in [-0.25, -0.2) is 0 Å². The van der Waals surface area contributed by atoms with E-state index < -0.39 is 0 Å². The summed E-state index contributed by atoms with van der Waals surface area (Å²) in [5.74, 6) is 0.243. The summed E-state index contributed by atoms with van der Waals surface area (Å²) in [6.45, 7) is 0.370. The van der Waals surface area contributed by atoms with Crippen molar-refractivity contribution in [1.29, 1.82) is 0 Å². The van der Waals surface area contributed by atoms with Crippen molar-refractivity contribution >= 4 is 75.1 Å². The number of benzene rings is 1. The molecule has 1 aliphatic rings. The summed E-state index contributed by atoms with van der Waals surface area (Å²) in [4.78, 5) is 26.5. The van der Waals surface area contributed by atoms with E-state index in [1.54, 1.807) is 42.7 Å². The number of nitrogens with zero attached hydrogens (tertiary/aromatic N) is 1. The smallest absolute Gasteiger partial charge is 0.266 e. The van der Waals surface area contributed by atoms with E-state index in [1.807, 2.05) is 0 Å². The quantitative estimate of drug-likeness (QED) is 0.493. The molecule has 1 aliphatic heterocycles. The Hall–Kier alpha value is -1.80. The monoisotopic (exact) mass is 440 g/mol. The molecule has 9 heteroatoms. The maximum Gasteiger partial charge on any atom is 0.266 e. The van der Waals surface area contributed by atoms with Crippen LogP contribution in [0.1, 0.15) is 18.6 Å². The predicted octanol–water partition coefficient (Wildman–Crippen LogP) is 5.21. The molecule has 0 radical (unpaired) electrons. The van der Waals surface area contributed by atoms with Crippen LogP contribution in [0.5, 0.6) is 0 Å². The lowest BCUT2D eigenvalue weighted by molar-refractivity contribution is -0.122. The molecule has 0 aliphatic carbocycles. The lowest BCUT2D eigenvalue weighted by atomic mass is 10.2. The fourth-order valence-electron chi connectivity index (χ4n) is 2.39. The number of hydrogen-bond acceptors (Lipinski definition) is 5. The van der Waals surface area contributed by atoms with E-state index in [-0.39, 0.29) is 18.2 Å². The van der Waals surface area contributed by atoms with E-state index in [1.165, 1.54) is 16.7 Å². The number of thioether (sulfide) groups is 1. The first-order valence-electron chi connectivity index (χ1n) is 7.98. The van der Waals surface area contributed by atoms with Crippen molar-refractivity contribution in [2.45, 2.75) is 12.8 Å². The van der Waals surface area contributed by atoms with Crippen molar-refractivity contribution in [2.24, 2.45) is 0 Å². The number of rotatable bonds is 6. The Kier molecular flexibility index (Phi) is 6.59. The van der Waals surface area contributed by atoms with E-state index in [4.69, 9.17) is 39.8 Å². The van der Waals surface area contributed by atoms with Crippen LogP contribution < -0.4 is 5.32 Å². The van der Waals surface area contributed by atoms with Crippen molar-refractivity contribution in [3.05, 3.63) is 57.3 Å². The maximum absolute atomic E-state index is 12.5. The summed E-state index contributed by atoms with van der Waals surface area (Å²) in [5.41, 5.74) is 0.571. The van der Waals surface area contributed by atoms with Crippen LogP contribution in [-0.4, -0.2) is 27.6 Å². The number of amides is 2. The van der Waals surface area contributed by atoms with E-state index in [9.17, 15) is 9.59 Å². The van der Waals surface area contributed by atoms with Gasteiger partial charge in [0, 0.05) is 24.7 Å². The van der Waals surface area contributed by atoms with Gasteiger partial charge >= 0.3 is 0 Å². The third kappa shape index (κ3) is 5.13. The first-order valence-corrected chi connectivity index (χ1v) is 9.96. The average Bonchev–Trinajstić information content (AvgIpc) is 3.22. The number of carbonyl (C=O) groups excluding carboxylic acids is 2. The van der Waals surface area contributed by atoms with Gasteiger partial charge in [-0.1, -0.05) is 47.2 Å². The topological polar surface area (TPSA) is 62.6 Å². The van der Waals surface area contributed by atoms with Gasteiger partial charge in [-0.15, -0.1) is 0 Å². The molecule has 0 saturated carbocycles. The zero-order valence-electron chi connectivity index (χ0n) is 13.9. The average molecular weight is 441 g/mol. The highest BCUT2D eigenvalue weighted by Gasteiger charge is 2.31. The molecule has 0 unspecified atom stereocenters. The van der Waals surface area contributed by atoms with E-state index in [0.717, 1.165) is 0 Å². The fourth-order valence-corrected chi connectivity index (χ4v) is 3.98. The van der Waals surface area contributed by atoms with Crippen LogP contribution in [0.25, 0.3) is 6.08 Å². The van der Waals surface area contributed by atoms with Gasteiger partial charge in [-0.3, -0.25) is 14.5 Å². The lowest BCUT2D eigenvalue weighted by Crippen LogP contribution is -2.29. The molecule has 0 spiro atoms. The molecule has 2 aromatic rings. The summed E-state index contributed by atoms with van der Waals surface area (Å²) in [7, 11) is 0. The molecule has 3 rings (SSSR count). The Bertz CT molecular complexity index is 913.